The highest BCUT2D eigenvalue weighted by atomic mass is 32.2. The van der Waals surface area contributed by atoms with Crippen LogP contribution < -0.4 is 9.46 Å². The molecule has 0 fully saturated rings. The van der Waals surface area contributed by atoms with Gasteiger partial charge in [-0.05, 0) is 32.9 Å². The maximum atomic E-state index is 12.4. The molecule has 11 heteroatoms. The minimum atomic E-state index is -4.60. The second-order valence-electron chi connectivity index (χ2n) is 6.06. The fourth-order valence-corrected chi connectivity index (χ4v) is 4.44. The van der Waals surface area contributed by atoms with E-state index in [9.17, 15) is 26.4 Å². The Morgan fingerprint density at radius 2 is 1.64 bits per heavy atom. The average molecular weight is 393 g/mol. The Kier molecular flexibility index (Phi) is 5.85. The molecule has 25 heavy (non-hydrogen) atoms. The molecule has 0 aromatic heterocycles. The number of sulfone groups is 1. The molecule has 1 N–H and O–H groups in total. The number of carbonyl (C=O) groups excluding carboxylic acids is 2. The number of hydrogen-bond acceptors (Lipinski definition) is 8. The molecule has 0 atom stereocenters. The summed E-state index contributed by atoms with van der Waals surface area (Å²) in [6.45, 7) is 5.62. The summed E-state index contributed by atoms with van der Waals surface area (Å²) in [6, 6.07) is 3.27. The van der Waals surface area contributed by atoms with Gasteiger partial charge in [0.15, 0.2) is 15.6 Å². The van der Waals surface area contributed by atoms with Crippen LogP contribution in [0.25, 0.3) is 0 Å². The Balaban J connectivity index is 3.45. The van der Waals surface area contributed by atoms with Gasteiger partial charge in [0.05, 0.1) is 0 Å². The number of sulfonamides is 1. The van der Waals surface area contributed by atoms with Gasteiger partial charge in [-0.15, -0.1) is 0 Å². The molecule has 0 saturated carbocycles. The zero-order chi connectivity index (χ0) is 19.6. The molecule has 0 heterocycles. The van der Waals surface area contributed by atoms with Gasteiger partial charge in [-0.2, -0.15) is 0 Å². The van der Waals surface area contributed by atoms with Gasteiger partial charge in [0.2, 0.25) is 0 Å². The van der Waals surface area contributed by atoms with Crippen LogP contribution in [0.3, 0.4) is 0 Å². The molecule has 1 amide bonds. The van der Waals surface area contributed by atoms with Crippen molar-refractivity contribution in [2.45, 2.75) is 43.1 Å². The highest BCUT2D eigenvalue weighted by Crippen LogP contribution is 2.31. The Bertz CT molecular complexity index is 895. The quantitative estimate of drug-likeness (QED) is 0.596. The van der Waals surface area contributed by atoms with Crippen LogP contribution in [-0.4, -0.2) is 40.8 Å². The molecule has 9 nitrogen and oxygen atoms in total. The average Bonchev–Trinajstić information content (AvgIpc) is 2.32. The van der Waals surface area contributed by atoms with Crippen LogP contribution in [0, 0.1) is 0 Å². The van der Waals surface area contributed by atoms with E-state index in [1.54, 1.807) is 4.72 Å². The number of rotatable bonds is 4. The minimum Gasteiger partial charge on any atom is -0.443 e. The Morgan fingerprint density at radius 1 is 1.08 bits per heavy atom. The predicted molar refractivity (Wildman–Crippen MR) is 87.4 cm³/mol. The van der Waals surface area contributed by atoms with Crippen LogP contribution in [0.4, 0.5) is 4.79 Å². The van der Waals surface area contributed by atoms with E-state index in [-0.39, 0.29) is 0 Å². The maximum Gasteiger partial charge on any atom is 0.421 e. The van der Waals surface area contributed by atoms with Crippen LogP contribution in [0.15, 0.2) is 28.0 Å². The van der Waals surface area contributed by atoms with E-state index in [0.29, 0.717) is 0 Å². The van der Waals surface area contributed by atoms with Crippen molar-refractivity contribution in [2.75, 3.05) is 6.26 Å². The first kappa shape index (κ1) is 20.9. The first-order valence-electron chi connectivity index (χ1n) is 6.91. The fourth-order valence-electron chi connectivity index (χ4n) is 1.77. The molecule has 0 aliphatic heterocycles. The van der Waals surface area contributed by atoms with Crippen molar-refractivity contribution >= 4 is 31.9 Å². The van der Waals surface area contributed by atoms with Gasteiger partial charge in [0, 0.05) is 13.2 Å². The Morgan fingerprint density at radius 3 is 2.08 bits per heavy atom. The van der Waals surface area contributed by atoms with Crippen molar-refractivity contribution in [2.24, 2.45) is 0 Å². The first-order chi connectivity index (χ1) is 11.1. The van der Waals surface area contributed by atoms with Crippen LogP contribution in [-0.2, 0) is 29.4 Å². The number of ether oxygens (including phenoxy) is 2. The highest BCUT2D eigenvalue weighted by molar-refractivity contribution is 7.93. The summed E-state index contributed by atoms with van der Waals surface area (Å²) in [5.41, 5.74) is -0.959. The lowest BCUT2D eigenvalue weighted by molar-refractivity contribution is -0.132. The van der Waals surface area contributed by atoms with Gasteiger partial charge in [-0.1, -0.05) is 6.07 Å². The van der Waals surface area contributed by atoms with E-state index in [0.717, 1.165) is 25.3 Å². The molecular weight excluding hydrogens is 374 g/mol. The van der Waals surface area contributed by atoms with Gasteiger partial charge in [-0.3, -0.25) is 4.79 Å². The lowest BCUT2D eigenvalue weighted by atomic mass is 10.2. The molecule has 0 unspecified atom stereocenters. The second kappa shape index (κ2) is 7.00. The monoisotopic (exact) mass is 393 g/mol. The lowest BCUT2D eigenvalue weighted by Gasteiger charge is -2.20. The molecular formula is C14H19NO8S2. The van der Waals surface area contributed by atoms with Crippen molar-refractivity contribution in [1.82, 2.24) is 4.72 Å². The zero-order valence-corrected chi connectivity index (χ0v) is 15.9. The molecule has 0 saturated heterocycles. The fraction of sp³-hybridized carbons (Fsp3) is 0.429. The van der Waals surface area contributed by atoms with E-state index < -0.39 is 53.1 Å². The molecule has 1 rings (SSSR count). The number of carbonyl (C=O) groups is 2. The van der Waals surface area contributed by atoms with Gasteiger partial charge in [0.1, 0.15) is 15.4 Å². The summed E-state index contributed by atoms with van der Waals surface area (Å²) in [4.78, 5) is 21.4. The molecule has 0 aliphatic carbocycles. The van der Waals surface area contributed by atoms with E-state index in [4.69, 9.17) is 9.47 Å². The zero-order valence-electron chi connectivity index (χ0n) is 14.3. The molecule has 140 valence electrons. The van der Waals surface area contributed by atoms with E-state index in [2.05, 4.69) is 0 Å². The number of esters is 1. The summed E-state index contributed by atoms with van der Waals surface area (Å²) in [6.07, 6.45) is -0.521. The summed E-state index contributed by atoms with van der Waals surface area (Å²) in [7, 11) is -8.71. The molecule has 0 spiro atoms. The third-order valence-corrected chi connectivity index (χ3v) is 5.12. The first-order valence-corrected chi connectivity index (χ1v) is 10.3. The molecule has 0 aliphatic rings. The molecule has 1 aromatic rings. The maximum absolute atomic E-state index is 12.4. The normalized spacial score (nSPS) is 12.4. The van der Waals surface area contributed by atoms with E-state index in [1.165, 1.54) is 26.8 Å². The van der Waals surface area contributed by atoms with Crippen LogP contribution in [0.1, 0.15) is 27.7 Å². The van der Waals surface area contributed by atoms with E-state index >= 15 is 0 Å². The Labute approximate surface area is 146 Å². The van der Waals surface area contributed by atoms with Gasteiger partial charge >= 0.3 is 12.1 Å². The summed E-state index contributed by atoms with van der Waals surface area (Å²) in [5, 5.41) is 0. The van der Waals surface area contributed by atoms with Gasteiger partial charge in [-0.25, -0.2) is 26.4 Å². The summed E-state index contributed by atoms with van der Waals surface area (Å²) >= 11 is 0. The molecule has 0 bridgehead atoms. The van der Waals surface area contributed by atoms with Crippen molar-refractivity contribution in [3.8, 4) is 5.75 Å². The predicted octanol–water partition coefficient (Wildman–Crippen LogP) is 1.23. The van der Waals surface area contributed by atoms with Crippen molar-refractivity contribution < 1.29 is 35.9 Å². The standard InChI is InChI=1S/C14H19NO8S2/c1-9(16)22-10-7-6-8-11(12(10)24(5,18)19)25(20,21)15-13(17)23-14(2,3)4/h6-8H,1-5H3,(H,15,17). The number of nitrogens with one attached hydrogen (secondary N) is 1. The third-order valence-electron chi connectivity index (χ3n) is 2.47. The molecule has 0 radical (unpaired) electrons. The Hall–Kier alpha value is -2.14. The van der Waals surface area contributed by atoms with E-state index in [1.807, 2.05) is 0 Å². The van der Waals surface area contributed by atoms with Crippen LogP contribution in [0.5, 0.6) is 5.75 Å². The minimum absolute atomic E-state index is 0.456. The summed E-state index contributed by atoms with van der Waals surface area (Å²) in [5.74, 6) is -1.29. The van der Waals surface area contributed by atoms with Gasteiger partial charge in [0.25, 0.3) is 10.0 Å². The molecule has 1 aromatic carbocycles. The number of hydrogen-bond donors (Lipinski definition) is 1. The van der Waals surface area contributed by atoms with Gasteiger partial charge < -0.3 is 9.47 Å². The highest BCUT2D eigenvalue weighted by Gasteiger charge is 2.31. The summed E-state index contributed by atoms with van der Waals surface area (Å²) < 4.78 is 60.1. The SMILES string of the molecule is CC(=O)Oc1cccc(S(=O)(=O)NC(=O)OC(C)(C)C)c1S(C)(=O)=O. The number of amides is 1. The van der Waals surface area contributed by atoms with Crippen LogP contribution >= 0.6 is 0 Å². The lowest BCUT2D eigenvalue weighted by Crippen LogP contribution is -2.36. The largest absolute Gasteiger partial charge is 0.443 e. The second-order valence-corrected chi connectivity index (χ2v) is 9.66. The van der Waals surface area contributed by atoms with Crippen molar-refractivity contribution in [3.63, 3.8) is 0 Å². The topological polar surface area (TPSA) is 133 Å². The number of benzene rings is 1. The third kappa shape index (κ3) is 6.02. The van der Waals surface area contributed by atoms with Crippen LogP contribution in [0.2, 0.25) is 0 Å². The van der Waals surface area contributed by atoms with Crippen molar-refractivity contribution in [3.05, 3.63) is 18.2 Å². The smallest absolute Gasteiger partial charge is 0.421 e. The van der Waals surface area contributed by atoms with Crippen molar-refractivity contribution in [1.29, 1.82) is 0 Å².